The first kappa shape index (κ1) is 29.0. The van der Waals surface area contributed by atoms with Crippen LogP contribution in [0.4, 0.5) is 5.69 Å². The van der Waals surface area contributed by atoms with Crippen LogP contribution < -0.4 is 14.4 Å². The molecule has 3 aromatic carbocycles. The summed E-state index contributed by atoms with van der Waals surface area (Å²) in [5.74, 6) is -0.297. The summed E-state index contributed by atoms with van der Waals surface area (Å²) in [6.45, 7) is 5.02. The summed E-state index contributed by atoms with van der Waals surface area (Å²) in [6.07, 6.45) is 0. The Kier molecular flexibility index (Phi) is 9.77. The standard InChI is InChI=1S/C28H32ClN3O5S/c1-5-30-28(34)21(3)31(18-22-11-9-12-23(17-22)37-4)27(33)19-32(26-16-10-15-25(29)20(26)2)38(35,36)24-13-7-6-8-14-24/h6-17,21H,5,18-19H2,1-4H3,(H,30,34)/t21-/m0/s1. The second-order valence-corrected chi connectivity index (χ2v) is 10.9. The van der Waals surface area contributed by atoms with Crippen molar-refractivity contribution >= 4 is 39.1 Å². The predicted octanol–water partition coefficient (Wildman–Crippen LogP) is 4.41. The zero-order valence-electron chi connectivity index (χ0n) is 21.8. The van der Waals surface area contributed by atoms with Crippen LogP contribution >= 0.6 is 11.6 Å². The highest BCUT2D eigenvalue weighted by Crippen LogP contribution is 2.31. The summed E-state index contributed by atoms with van der Waals surface area (Å²) in [6, 6.07) is 19.1. The monoisotopic (exact) mass is 557 g/mol. The molecule has 38 heavy (non-hydrogen) atoms. The minimum atomic E-state index is -4.16. The fourth-order valence-electron chi connectivity index (χ4n) is 3.97. The van der Waals surface area contributed by atoms with Crippen molar-refractivity contribution in [1.82, 2.24) is 10.2 Å². The first-order valence-corrected chi connectivity index (χ1v) is 13.9. The molecule has 202 valence electrons. The lowest BCUT2D eigenvalue weighted by Crippen LogP contribution is -2.51. The molecule has 0 aliphatic rings. The second-order valence-electron chi connectivity index (χ2n) is 8.65. The normalized spacial score (nSPS) is 11.9. The molecule has 0 radical (unpaired) electrons. The van der Waals surface area contributed by atoms with Crippen LogP contribution in [0, 0.1) is 6.92 Å². The SMILES string of the molecule is CCNC(=O)[C@H](C)N(Cc1cccc(OC)c1)C(=O)CN(c1cccc(Cl)c1C)S(=O)(=O)c1ccccc1. The molecule has 0 aliphatic heterocycles. The van der Waals surface area contributed by atoms with Crippen molar-refractivity contribution in [2.75, 3.05) is 24.5 Å². The van der Waals surface area contributed by atoms with Crippen LogP contribution in [0.5, 0.6) is 5.75 Å². The van der Waals surface area contributed by atoms with E-state index in [1.807, 2.05) is 6.07 Å². The maximum Gasteiger partial charge on any atom is 0.264 e. The fourth-order valence-corrected chi connectivity index (χ4v) is 5.63. The summed E-state index contributed by atoms with van der Waals surface area (Å²) in [7, 11) is -2.61. The van der Waals surface area contributed by atoms with Crippen molar-refractivity contribution in [2.24, 2.45) is 0 Å². The van der Waals surface area contributed by atoms with Gasteiger partial charge in [0.1, 0.15) is 18.3 Å². The lowest BCUT2D eigenvalue weighted by molar-refractivity contribution is -0.139. The smallest absolute Gasteiger partial charge is 0.264 e. The van der Waals surface area contributed by atoms with E-state index in [1.54, 1.807) is 82.5 Å². The number of anilines is 1. The lowest BCUT2D eigenvalue weighted by Gasteiger charge is -2.32. The molecule has 2 amide bonds. The third kappa shape index (κ3) is 6.65. The van der Waals surface area contributed by atoms with E-state index in [4.69, 9.17) is 16.3 Å². The number of rotatable bonds is 11. The Morgan fingerprint density at radius 1 is 1.03 bits per heavy atom. The van der Waals surface area contributed by atoms with E-state index in [1.165, 1.54) is 17.0 Å². The molecule has 0 fully saturated rings. The number of sulfonamides is 1. The van der Waals surface area contributed by atoms with Gasteiger partial charge in [-0.3, -0.25) is 13.9 Å². The number of ether oxygens (including phenoxy) is 1. The van der Waals surface area contributed by atoms with Crippen LogP contribution in [0.25, 0.3) is 0 Å². The molecule has 0 aromatic heterocycles. The molecule has 0 unspecified atom stereocenters. The maximum absolute atomic E-state index is 13.9. The Hall–Kier alpha value is -3.56. The molecule has 0 saturated carbocycles. The third-order valence-corrected chi connectivity index (χ3v) is 8.31. The molecule has 0 bridgehead atoms. The van der Waals surface area contributed by atoms with E-state index in [9.17, 15) is 18.0 Å². The average Bonchev–Trinajstić information content (AvgIpc) is 2.92. The van der Waals surface area contributed by atoms with Crippen LogP contribution in [0.15, 0.2) is 77.7 Å². The molecular formula is C28H32ClN3O5S. The summed E-state index contributed by atoms with van der Waals surface area (Å²) in [5.41, 5.74) is 1.52. The highest BCUT2D eigenvalue weighted by molar-refractivity contribution is 7.92. The highest BCUT2D eigenvalue weighted by atomic mass is 35.5. The van der Waals surface area contributed by atoms with E-state index < -0.39 is 28.5 Å². The molecule has 10 heteroatoms. The molecular weight excluding hydrogens is 526 g/mol. The number of amides is 2. The first-order chi connectivity index (χ1) is 18.1. The van der Waals surface area contributed by atoms with E-state index in [0.29, 0.717) is 22.9 Å². The van der Waals surface area contributed by atoms with E-state index in [0.717, 1.165) is 9.87 Å². The van der Waals surface area contributed by atoms with Crippen LogP contribution in [0.3, 0.4) is 0 Å². The molecule has 0 saturated heterocycles. The van der Waals surface area contributed by atoms with Gasteiger partial charge in [0.25, 0.3) is 10.0 Å². The fraction of sp³-hybridized carbons (Fsp3) is 0.286. The number of nitrogens with zero attached hydrogens (tertiary/aromatic N) is 2. The molecule has 3 aromatic rings. The minimum absolute atomic E-state index is 0.0308. The van der Waals surface area contributed by atoms with Crippen molar-refractivity contribution < 1.29 is 22.7 Å². The summed E-state index contributed by atoms with van der Waals surface area (Å²) < 4.78 is 34.0. The number of nitrogens with one attached hydrogen (secondary N) is 1. The van der Waals surface area contributed by atoms with Crippen molar-refractivity contribution in [3.05, 3.63) is 88.9 Å². The van der Waals surface area contributed by atoms with Crippen LogP contribution in [0.1, 0.15) is 25.0 Å². The van der Waals surface area contributed by atoms with E-state index >= 15 is 0 Å². The van der Waals surface area contributed by atoms with Crippen LogP contribution in [-0.2, 0) is 26.2 Å². The molecule has 1 N–H and O–H groups in total. The Morgan fingerprint density at radius 3 is 2.37 bits per heavy atom. The number of carbonyl (C=O) groups is 2. The highest BCUT2D eigenvalue weighted by Gasteiger charge is 2.33. The number of hydrogen-bond acceptors (Lipinski definition) is 5. The number of hydrogen-bond donors (Lipinski definition) is 1. The van der Waals surface area contributed by atoms with E-state index in [2.05, 4.69) is 5.32 Å². The van der Waals surface area contributed by atoms with Gasteiger partial charge >= 0.3 is 0 Å². The van der Waals surface area contributed by atoms with Gasteiger partial charge in [0.05, 0.1) is 17.7 Å². The molecule has 0 aliphatic carbocycles. The van der Waals surface area contributed by atoms with Crippen LogP contribution in [-0.4, -0.2) is 51.4 Å². The Morgan fingerprint density at radius 2 is 1.71 bits per heavy atom. The van der Waals surface area contributed by atoms with Gasteiger partial charge in [-0.25, -0.2) is 8.42 Å². The zero-order chi connectivity index (χ0) is 27.9. The number of halogens is 1. The molecule has 3 rings (SSSR count). The molecule has 8 nitrogen and oxygen atoms in total. The van der Waals surface area contributed by atoms with Crippen molar-refractivity contribution in [1.29, 1.82) is 0 Å². The zero-order valence-corrected chi connectivity index (χ0v) is 23.4. The van der Waals surface area contributed by atoms with Crippen LogP contribution in [0.2, 0.25) is 5.02 Å². The van der Waals surface area contributed by atoms with Crippen molar-refractivity contribution in [3.63, 3.8) is 0 Å². The Labute approximate surface area is 229 Å². The Balaban J connectivity index is 2.07. The predicted molar refractivity (Wildman–Crippen MR) is 149 cm³/mol. The van der Waals surface area contributed by atoms with Gasteiger partial charge in [0, 0.05) is 18.1 Å². The summed E-state index contributed by atoms with van der Waals surface area (Å²) in [5, 5.41) is 3.11. The largest absolute Gasteiger partial charge is 0.497 e. The van der Waals surface area contributed by atoms with Gasteiger partial charge in [0.2, 0.25) is 11.8 Å². The van der Waals surface area contributed by atoms with E-state index in [-0.39, 0.29) is 23.0 Å². The lowest BCUT2D eigenvalue weighted by atomic mass is 10.1. The number of methoxy groups -OCH3 is 1. The van der Waals surface area contributed by atoms with Gasteiger partial charge in [-0.1, -0.05) is 48.0 Å². The third-order valence-electron chi connectivity index (χ3n) is 6.12. The summed E-state index contributed by atoms with van der Waals surface area (Å²) >= 11 is 6.33. The maximum atomic E-state index is 13.9. The van der Waals surface area contributed by atoms with Gasteiger partial charge in [-0.2, -0.15) is 0 Å². The van der Waals surface area contributed by atoms with Gasteiger partial charge in [-0.05, 0) is 68.3 Å². The second kappa shape index (κ2) is 12.8. The van der Waals surface area contributed by atoms with Crippen molar-refractivity contribution in [3.8, 4) is 5.75 Å². The minimum Gasteiger partial charge on any atom is -0.497 e. The Bertz CT molecular complexity index is 1380. The van der Waals surface area contributed by atoms with Gasteiger partial charge in [-0.15, -0.1) is 0 Å². The average molecular weight is 558 g/mol. The van der Waals surface area contributed by atoms with Gasteiger partial charge in [0.15, 0.2) is 0 Å². The molecule has 1 atom stereocenters. The molecule has 0 spiro atoms. The number of benzene rings is 3. The van der Waals surface area contributed by atoms with Crippen molar-refractivity contribution in [2.45, 2.75) is 38.3 Å². The topological polar surface area (TPSA) is 96.0 Å². The first-order valence-electron chi connectivity index (χ1n) is 12.1. The number of carbonyl (C=O) groups excluding carboxylic acids is 2. The quantitative estimate of drug-likeness (QED) is 0.377. The summed E-state index contributed by atoms with van der Waals surface area (Å²) in [4.78, 5) is 28.1. The number of likely N-dealkylation sites (N-methyl/N-ethyl adjacent to an activating group) is 1. The van der Waals surface area contributed by atoms with Gasteiger partial charge < -0.3 is 15.0 Å². The molecule has 0 heterocycles.